The number of anilines is 2. The fourth-order valence-electron chi connectivity index (χ4n) is 9.62. The third-order valence-corrected chi connectivity index (χ3v) is 15.3. The maximum absolute atomic E-state index is 15.0. The summed E-state index contributed by atoms with van der Waals surface area (Å²) in [6.45, 7) is 13.4. The fourth-order valence-corrected chi connectivity index (χ4v) is 11.5. The molecule has 2 saturated carbocycles. The minimum Gasteiger partial charge on any atom is -0.390 e. The zero-order valence-electron chi connectivity index (χ0n) is 37.5. The third kappa shape index (κ3) is 10.4. The van der Waals surface area contributed by atoms with Crippen LogP contribution in [0.2, 0.25) is 0 Å². The first-order valence-corrected chi connectivity index (χ1v) is 24.3. The van der Waals surface area contributed by atoms with Gasteiger partial charge in [-0.25, -0.2) is 9.59 Å². The van der Waals surface area contributed by atoms with E-state index in [1.807, 2.05) is 58.0 Å². The smallest absolute Gasteiger partial charge is 0.358 e. The summed E-state index contributed by atoms with van der Waals surface area (Å²) in [7, 11) is 0. The first kappa shape index (κ1) is 46.1. The molecule has 0 spiro atoms. The van der Waals surface area contributed by atoms with Gasteiger partial charge in [-0.3, -0.25) is 9.59 Å². The number of morpholine rings is 1. The molecule has 4 aliphatic rings. The topological polar surface area (TPSA) is 134 Å². The Balaban J connectivity index is 1.30. The number of amides is 2. The second-order valence-corrected chi connectivity index (χ2v) is 22.1. The Morgan fingerprint density at radius 1 is 0.823 bits per heavy atom. The van der Waals surface area contributed by atoms with Gasteiger partial charge in [0.05, 0.1) is 34.5 Å². The highest BCUT2D eigenvalue weighted by Crippen LogP contribution is 2.45. The van der Waals surface area contributed by atoms with Crippen molar-refractivity contribution in [1.29, 1.82) is 0 Å². The molecule has 12 heteroatoms. The predicted molar refractivity (Wildman–Crippen MR) is 246 cm³/mol. The number of nitrogens with zero attached hydrogens (tertiary/aromatic N) is 2. The summed E-state index contributed by atoms with van der Waals surface area (Å²) in [5.74, 6) is 4.26. The van der Waals surface area contributed by atoms with Crippen LogP contribution < -0.4 is 9.80 Å². The van der Waals surface area contributed by atoms with Gasteiger partial charge in [0.1, 0.15) is 21.5 Å². The minimum atomic E-state index is -1.28. The number of thiophene rings is 2. The molecule has 4 atom stereocenters. The first-order chi connectivity index (χ1) is 29.3. The summed E-state index contributed by atoms with van der Waals surface area (Å²) in [4.78, 5) is 63.3. The van der Waals surface area contributed by atoms with Crippen LogP contribution >= 0.6 is 22.7 Å². The SMILES string of the molecule is Cc1ccc(-c2cc(N3C(=O)C(O)CCC3C3CCCCC3)c(C(=O)OC(=O)c3sc(C#CC(C)(C)C)cc3N3C(=O)[C@](C)(CCC(C)(C)O)OC[C@H]3C3CCCCC3)s2)cc1. The molecule has 1 aromatic carbocycles. The quantitative estimate of drug-likeness (QED) is 0.117. The predicted octanol–water partition coefficient (Wildman–Crippen LogP) is 10.2. The molecule has 0 bridgehead atoms. The molecule has 4 heterocycles. The van der Waals surface area contributed by atoms with Gasteiger partial charge >= 0.3 is 11.9 Å². The summed E-state index contributed by atoms with van der Waals surface area (Å²) in [5.41, 5.74) is -0.0606. The third-order valence-electron chi connectivity index (χ3n) is 13.2. The molecule has 4 fully saturated rings. The van der Waals surface area contributed by atoms with Gasteiger partial charge in [0.2, 0.25) is 0 Å². The highest BCUT2D eigenvalue weighted by molar-refractivity contribution is 7.18. The van der Waals surface area contributed by atoms with Crippen LogP contribution in [-0.2, 0) is 19.1 Å². The number of carbonyl (C=O) groups excluding carboxylic acids is 4. The molecular weight excluding hydrogens is 821 g/mol. The maximum Gasteiger partial charge on any atom is 0.358 e. The van der Waals surface area contributed by atoms with Gasteiger partial charge in [-0.05, 0) is 129 Å². The number of ether oxygens (including phenoxy) is 2. The molecule has 334 valence electrons. The number of piperidine rings is 1. The first-order valence-electron chi connectivity index (χ1n) is 22.7. The van der Waals surface area contributed by atoms with E-state index in [0.29, 0.717) is 35.5 Å². The number of aryl methyl sites for hydroxylation is 1. The number of rotatable bonds is 10. The fraction of sp³-hybridized carbons (Fsp3) is 0.600. The van der Waals surface area contributed by atoms with Gasteiger partial charge in [-0.15, -0.1) is 22.7 Å². The van der Waals surface area contributed by atoms with Crippen LogP contribution in [0, 0.1) is 36.0 Å². The Bertz CT molecular complexity index is 2190. The van der Waals surface area contributed by atoms with Gasteiger partial charge < -0.3 is 29.5 Å². The molecule has 2 unspecified atom stereocenters. The highest BCUT2D eigenvalue weighted by atomic mass is 32.1. The number of hydrogen-bond donors (Lipinski definition) is 2. The van der Waals surface area contributed by atoms with E-state index in [-0.39, 0.29) is 58.0 Å². The molecule has 2 saturated heterocycles. The van der Waals surface area contributed by atoms with Crippen LogP contribution in [-0.4, -0.2) is 70.0 Å². The minimum absolute atomic E-state index is 0.0823. The number of esters is 2. The van der Waals surface area contributed by atoms with E-state index in [0.717, 1.165) is 103 Å². The van der Waals surface area contributed by atoms with E-state index in [1.165, 1.54) is 0 Å². The van der Waals surface area contributed by atoms with Crippen LogP contribution in [0.4, 0.5) is 11.4 Å². The average molecular weight is 885 g/mol. The number of aliphatic hydroxyl groups is 2. The van der Waals surface area contributed by atoms with Crippen molar-refractivity contribution in [1.82, 2.24) is 0 Å². The molecule has 0 radical (unpaired) electrons. The Labute approximate surface area is 375 Å². The normalized spacial score (nSPS) is 24.5. The molecule has 2 aliphatic carbocycles. The number of aliphatic hydroxyl groups excluding tert-OH is 1. The lowest BCUT2D eigenvalue weighted by Crippen LogP contribution is -2.62. The average Bonchev–Trinajstić information content (AvgIpc) is 3.87. The lowest BCUT2D eigenvalue weighted by atomic mass is 9.79. The Morgan fingerprint density at radius 2 is 1.40 bits per heavy atom. The standard InChI is InChI=1S/C50H64N2O8S2/c1-31-18-20-34(21-19-31)41-29-38(51-36(22-23-40(53)44(51)54)32-14-10-8-11-15-32)43(62-41)46(56)60-45(55)42-37(28-35(61-42)24-25-48(2,3)4)52-39(33-16-12-9-13-17-33)30-59-50(7,47(52)57)27-26-49(5,6)58/h18-21,28-29,32-33,36,39-40,53,58H,8-17,22-23,26-27,30H2,1-7H3/t36?,39-,40?,50-/m0/s1. The van der Waals surface area contributed by atoms with Gasteiger partial charge in [-0.1, -0.05) is 80.2 Å². The monoisotopic (exact) mass is 884 g/mol. The molecule has 62 heavy (non-hydrogen) atoms. The summed E-state index contributed by atoms with van der Waals surface area (Å²) in [5, 5.41) is 21.7. The van der Waals surface area contributed by atoms with Crippen molar-refractivity contribution >= 4 is 57.8 Å². The van der Waals surface area contributed by atoms with Crippen LogP contribution in [0.3, 0.4) is 0 Å². The lowest BCUT2D eigenvalue weighted by Gasteiger charge is -2.48. The van der Waals surface area contributed by atoms with Crippen LogP contribution in [0.15, 0.2) is 36.4 Å². The van der Waals surface area contributed by atoms with E-state index in [1.54, 1.807) is 36.6 Å². The van der Waals surface area contributed by atoms with Crippen LogP contribution in [0.25, 0.3) is 10.4 Å². The van der Waals surface area contributed by atoms with Gasteiger partial charge in [0.15, 0.2) is 0 Å². The number of carbonyl (C=O) groups is 4. The summed E-state index contributed by atoms with van der Waals surface area (Å²) < 4.78 is 12.4. The van der Waals surface area contributed by atoms with Gasteiger partial charge in [0.25, 0.3) is 11.8 Å². The second-order valence-electron chi connectivity index (χ2n) is 20.0. The van der Waals surface area contributed by atoms with E-state index in [9.17, 15) is 29.4 Å². The molecule has 7 rings (SSSR count). The van der Waals surface area contributed by atoms with Crippen molar-refractivity contribution in [3.63, 3.8) is 0 Å². The Hall–Kier alpha value is -3.86. The van der Waals surface area contributed by atoms with E-state index < -0.39 is 35.2 Å². The summed E-state index contributed by atoms with van der Waals surface area (Å²) in [6, 6.07) is 10.9. The van der Waals surface area contributed by atoms with E-state index >= 15 is 0 Å². The molecule has 3 aromatic rings. The Kier molecular flexibility index (Phi) is 13.9. The van der Waals surface area contributed by atoms with Crippen LogP contribution in [0.5, 0.6) is 0 Å². The Morgan fingerprint density at radius 3 is 2.00 bits per heavy atom. The second kappa shape index (κ2) is 18.7. The van der Waals surface area contributed by atoms with Crippen LogP contribution in [0.1, 0.15) is 161 Å². The molecule has 2 aliphatic heterocycles. The zero-order chi connectivity index (χ0) is 44.6. The van der Waals surface area contributed by atoms with Crippen molar-refractivity contribution in [3.05, 3.63) is 56.6 Å². The largest absolute Gasteiger partial charge is 0.390 e. The molecular formula is C50H64N2O8S2. The van der Waals surface area contributed by atoms with Gasteiger partial charge in [-0.2, -0.15) is 0 Å². The van der Waals surface area contributed by atoms with Crippen molar-refractivity contribution in [3.8, 4) is 22.3 Å². The van der Waals surface area contributed by atoms with Gasteiger partial charge in [0, 0.05) is 16.3 Å². The van der Waals surface area contributed by atoms with Crippen molar-refractivity contribution in [2.75, 3.05) is 16.4 Å². The molecule has 10 nitrogen and oxygen atoms in total. The highest BCUT2D eigenvalue weighted by Gasteiger charge is 2.50. The number of hydrogen-bond acceptors (Lipinski definition) is 10. The molecule has 2 aromatic heterocycles. The van der Waals surface area contributed by atoms with Crippen molar-refractivity contribution in [2.24, 2.45) is 17.3 Å². The molecule has 2 amide bonds. The zero-order valence-corrected chi connectivity index (χ0v) is 39.1. The molecule has 2 N–H and O–H groups in total. The lowest BCUT2D eigenvalue weighted by molar-refractivity contribution is -0.155. The van der Waals surface area contributed by atoms with Crippen molar-refractivity contribution in [2.45, 2.75) is 168 Å². The summed E-state index contributed by atoms with van der Waals surface area (Å²) >= 11 is 2.26. The maximum atomic E-state index is 15.0. The van der Waals surface area contributed by atoms with E-state index in [4.69, 9.17) is 9.47 Å². The van der Waals surface area contributed by atoms with E-state index in [2.05, 4.69) is 11.8 Å². The van der Waals surface area contributed by atoms with Crippen molar-refractivity contribution < 1.29 is 38.9 Å². The number of benzene rings is 1. The summed E-state index contributed by atoms with van der Waals surface area (Å²) in [6.07, 6.45) is 10.5.